The van der Waals surface area contributed by atoms with E-state index in [1.165, 1.54) is 12.8 Å². The van der Waals surface area contributed by atoms with E-state index >= 15 is 0 Å². The Kier molecular flexibility index (Phi) is 5.10. The summed E-state index contributed by atoms with van der Waals surface area (Å²) in [6, 6.07) is 9.24. The largest absolute Gasteiger partial charge is 0.339 e. The molecule has 20 heavy (non-hydrogen) atoms. The molecular formula is C15H20BrClN2O. The van der Waals surface area contributed by atoms with Gasteiger partial charge in [-0.2, -0.15) is 0 Å². The lowest BCUT2D eigenvalue weighted by molar-refractivity contribution is 0.0681. The highest BCUT2D eigenvalue weighted by atomic mass is 79.9. The van der Waals surface area contributed by atoms with Crippen LogP contribution in [0.5, 0.6) is 0 Å². The summed E-state index contributed by atoms with van der Waals surface area (Å²) in [6.45, 7) is 0. The first-order valence-corrected chi connectivity index (χ1v) is 7.71. The van der Waals surface area contributed by atoms with Gasteiger partial charge in [0.15, 0.2) is 0 Å². The number of nitrogens with zero attached hydrogens (tertiary/aromatic N) is 1. The summed E-state index contributed by atoms with van der Waals surface area (Å²) in [7, 11) is 1.94. The van der Waals surface area contributed by atoms with Gasteiger partial charge in [-0.25, -0.2) is 0 Å². The minimum absolute atomic E-state index is 0. The van der Waals surface area contributed by atoms with Crippen molar-refractivity contribution in [2.45, 2.75) is 43.8 Å². The highest BCUT2D eigenvalue weighted by molar-refractivity contribution is 9.10. The molecule has 0 radical (unpaired) electrons. The smallest absolute Gasteiger partial charge is 0.253 e. The van der Waals surface area contributed by atoms with Crippen LogP contribution in [0.2, 0.25) is 0 Å². The van der Waals surface area contributed by atoms with Crippen LogP contribution >= 0.6 is 28.3 Å². The third kappa shape index (κ3) is 3.18. The predicted molar refractivity (Wildman–Crippen MR) is 86.5 cm³/mol. The number of carbonyl (C=O) groups is 1. The van der Waals surface area contributed by atoms with E-state index in [-0.39, 0.29) is 18.3 Å². The van der Waals surface area contributed by atoms with Gasteiger partial charge >= 0.3 is 0 Å². The highest BCUT2D eigenvalue weighted by Crippen LogP contribution is 2.29. The Morgan fingerprint density at radius 2 is 1.75 bits per heavy atom. The molecule has 2 atom stereocenters. The number of nitrogens with one attached hydrogen (secondary N) is 1. The van der Waals surface area contributed by atoms with E-state index in [4.69, 9.17) is 0 Å². The van der Waals surface area contributed by atoms with Crippen molar-refractivity contribution in [3.8, 4) is 0 Å². The number of amides is 1. The molecule has 1 N–H and O–H groups in total. The Morgan fingerprint density at radius 1 is 1.20 bits per heavy atom. The monoisotopic (exact) mass is 358 g/mol. The molecule has 3 nitrogen and oxygen atoms in total. The maximum Gasteiger partial charge on any atom is 0.253 e. The van der Waals surface area contributed by atoms with Crippen molar-refractivity contribution >= 4 is 34.2 Å². The minimum Gasteiger partial charge on any atom is -0.339 e. The first-order chi connectivity index (χ1) is 9.13. The zero-order chi connectivity index (χ0) is 13.4. The van der Waals surface area contributed by atoms with Gasteiger partial charge in [-0.3, -0.25) is 4.79 Å². The van der Waals surface area contributed by atoms with Crippen molar-refractivity contribution in [2.75, 3.05) is 7.05 Å². The van der Waals surface area contributed by atoms with Gasteiger partial charge in [0.05, 0.1) is 0 Å². The second-order valence-corrected chi connectivity index (χ2v) is 6.60. The first kappa shape index (κ1) is 15.8. The average Bonchev–Trinajstić information content (AvgIpc) is 2.76. The zero-order valence-electron chi connectivity index (χ0n) is 11.5. The predicted octanol–water partition coefficient (Wildman–Crippen LogP) is 3.23. The molecule has 2 heterocycles. The number of piperidine rings is 1. The van der Waals surface area contributed by atoms with Crippen LogP contribution in [-0.4, -0.2) is 36.0 Å². The maximum atomic E-state index is 12.5. The molecule has 3 rings (SSSR count). The van der Waals surface area contributed by atoms with Crippen molar-refractivity contribution in [3.63, 3.8) is 0 Å². The molecule has 0 aliphatic carbocycles. The summed E-state index contributed by atoms with van der Waals surface area (Å²) in [4.78, 5) is 14.4. The molecule has 2 unspecified atom stereocenters. The van der Waals surface area contributed by atoms with Crippen LogP contribution in [0.3, 0.4) is 0 Å². The molecular weight excluding hydrogens is 340 g/mol. The van der Waals surface area contributed by atoms with Crippen LogP contribution in [0, 0.1) is 0 Å². The van der Waals surface area contributed by atoms with E-state index in [9.17, 15) is 4.79 Å². The molecule has 2 aliphatic heterocycles. The Bertz CT molecular complexity index is 467. The molecule has 0 aromatic heterocycles. The fourth-order valence-corrected chi connectivity index (χ4v) is 3.57. The Labute approximate surface area is 134 Å². The van der Waals surface area contributed by atoms with Gasteiger partial charge in [0.25, 0.3) is 5.91 Å². The van der Waals surface area contributed by atoms with Gasteiger partial charge in [-0.15, -0.1) is 12.4 Å². The number of halogens is 2. The standard InChI is InChI=1S/C15H19BrN2O.ClH/c1-18(14-8-12-6-7-13(9-14)17-12)15(19)10-2-4-11(16)5-3-10;/h2-5,12-14,17H,6-9H2,1H3;1H. The van der Waals surface area contributed by atoms with Gasteiger partial charge in [-0.1, -0.05) is 15.9 Å². The average molecular weight is 360 g/mol. The lowest BCUT2D eigenvalue weighted by Gasteiger charge is -2.35. The topological polar surface area (TPSA) is 32.3 Å². The van der Waals surface area contributed by atoms with Crippen LogP contribution in [0.1, 0.15) is 36.0 Å². The minimum atomic E-state index is 0. The molecule has 110 valence electrons. The van der Waals surface area contributed by atoms with Gasteiger partial charge in [0.1, 0.15) is 0 Å². The van der Waals surface area contributed by atoms with Crippen LogP contribution in [0.25, 0.3) is 0 Å². The van der Waals surface area contributed by atoms with Crippen molar-refractivity contribution in [1.29, 1.82) is 0 Å². The number of fused-ring (bicyclic) bond motifs is 2. The Balaban J connectivity index is 0.00000147. The third-order valence-corrected chi connectivity index (χ3v) is 4.94. The molecule has 1 aromatic rings. The lowest BCUT2D eigenvalue weighted by atomic mass is 9.98. The second-order valence-electron chi connectivity index (χ2n) is 5.69. The van der Waals surface area contributed by atoms with E-state index in [1.54, 1.807) is 0 Å². The molecule has 2 bridgehead atoms. The summed E-state index contributed by atoms with van der Waals surface area (Å²) < 4.78 is 1.01. The fourth-order valence-electron chi connectivity index (χ4n) is 3.31. The summed E-state index contributed by atoms with van der Waals surface area (Å²) in [5.41, 5.74) is 0.775. The summed E-state index contributed by atoms with van der Waals surface area (Å²) in [5.74, 6) is 0.138. The van der Waals surface area contributed by atoms with Gasteiger partial charge in [0, 0.05) is 35.2 Å². The first-order valence-electron chi connectivity index (χ1n) is 6.92. The van der Waals surface area contributed by atoms with E-state index in [2.05, 4.69) is 21.2 Å². The molecule has 0 spiro atoms. The maximum absolute atomic E-state index is 12.5. The van der Waals surface area contributed by atoms with Crippen molar-refractivity contribution in [1.82, 2.24) is 10.2 Å². The summed E-state index contributed by atoms with van der Waals surface area (Å²) >= 11 is 3.40. The normalized spacial score (nSPS) is 27.8. The quantitative estimate of drug-likeness (QED) is 0.879. The van der Waals surface area contributed by atoms with Gasteiger partial charge in [-0.05, 0) is 49.9 Å². The van der Waals surface area contributed by atoms with E-state index in [1.807, 2.05) is 36.2 Å². The lowest BCUT2D eigenvalue weighted by Crippen LogP contribution is -2.48. The summed E-state index contributed by atoms with van der Waals surface area (Å²) in [6.07, 6.45) is 4.72. The number of rotatable bonds is 2. The molecule has 5 heteroatoms. The number of benzene rings is 1. The second kappa shape index (κ2) is 6.46. The van der Waals surface area contributed by atoms with Crippen molar-refractivity contribution < 1.29 is 4.79 Å². The van der Waals surface area contributed by atoms with Crippen molar-refractivity contribution in [3.05, 3.63) is 34.3 Å². The SMILES string of the molecule is CN(C(=O)c1ccc(Br)cc1)C1CC2CCC(C1)N2.Cl. The van der Waals surface area contributed by atoms with Gasteiger partial charge < -0.3 is 10.2 Å². The number of hydrogen-bond donors (Lipinski definition) is 1. The van der Waals surface area contributed by atoms with E-state index in [0.717, 1.165) is 22.9 Å². The Hall–Kier alpha value is -0.580. The molecule has 1 aromatic carbocycles. The molecule has 2 aliphatic rings. The van der Waals surface area contributed by atoms with Crippen LogP contribution < -0.4 is 5.32 Å². The zero-order valence-corrected chi connectivity index (χ0v) is 13.9. The number of carbonyl (C=O) groups excluding carboxylic acids is 1. The Morgan fingerprint density at radius 3 is 2.30 bits per heavy atom. The molecule has 1 amide bonds. The molecule has 2 fully saturated rings. The highest BCUT2D eigenvalue weighted by Gasteiger charge is 2.36. The van der Waals surface area contributed by atoms with Crippen LogP contribution in [0.4, 0.5) is 0 Å². The summed E-state index contributed by atoms with van der Waals surface area (Å²) in [5, 5.41) is 3.62. The van der Waals surface area contributed by atoms with Crippen LogP contribution in [0.15, 0.2) is 28.7 Å². The fraction of sp³-hybridized carbons (Fsp3) is 0.533. The van der Waals surface area contributed by atoms with Crippen LogP contribution in [-0.2, 0) is 0 Å². The molecule has 2 saturated heterocycles. The van der Waals surface area contributed by atoms with Crippen molar-refractivity contribution in [2.24, 2.45) is 0 Å². The molecule has 0 saturated carbocycles. The number of hydrogen-bond acceptors (Lipinski definition) is 2. The van der Waals surface area contributed by atoms with E-state index < -0.39 is 0 Å². The van der Waals surface area contributed by atoms with Gasteiger partial charge in [0.2, 0.25) is 0 Å². The van der Waals surface area contributed by atoms with E-state index in [0.29, 0.717) is 18.1 Å². The third-order valence-electron chi connectivity index (χ3n) is 4.41.